The van der Waals surface area contributed by atoms with Gasteiger partial charge in [-0.05, 0) is 30.5 Å². The Morgan fingerprint density at radius 1 is 1.30 bits per heavy atom. The van der Waals surface area contributed by atoms with Crippen molar-refractivity contribution in [1.29, 1.82) is 0 Å². The molecule has 1 amide bonds. The van der Waals surface area contributed by atoms with Crippen LogP contribution in [0, 0.1) is 5.92 Å². The SMILES string of the molecule is CCNS(=O)(=O)c1cccc(C(=O)NCCCOCC(C)C)c1. The van der Waals surface area contributed by atoms with Crippen LogP contribution < -0.4 is 10.0 Å². The van der Waals surface area contributed by atoms with Gasteiger partial charge in [0.25, 0.3) is 5.91 Å². The van der Waals surface area contributed by atoms with Crippen molar-refractivity contribution in [2.75, 3.05) is 26.3 Å². The van der Waals surface area contributed by atoms with Crippen LogP contribution in [0.5, 0.6) is 0 Å². The number of carbonyl (C=O) groups excluding carboxylic acids is 1. The first-order valence-corrected chi connectivity index (χ1v) is 9.30. The third kappa shape index (κ3) is 7.11. The molecule has 0 aromatic heterocycles. The summed E-state index contributed by atoms with van der Waals surface area (Å²) in [6.45, 7) is 7.95. The van der Waals surface area contributed by atoms with Crippen LogP contribution in [-0.4, -0.2) is 40.6 Å². The van der Waals surface area contributed by atoms with Crippen LogP contribution in [0.15, 0.2) is 29.2 Å². The van der Waals surface area contributed by atoms with E-state index in [9.17, 15) is 13.2 Å². The second-order valence-corrected chi connectivity index (χ2v) is 7.37. The number of nitrogens with one attached hydrogen (secondary N) is 2. The Hall–Kier alpha value is -1.44. The predicted octanol–water partition coefficient (Wildman–Crippen LogP) is 1.78. The molecule has 2 N–H and O–H groups in total. The van der Waals surface area contributed by atoms with Gasteiger partial charge in [0.05, 0.1) is 4.90 Å². The van der Waals surface area contributed by atoms with Gasteiger partial charge in [0.1, 0.15) is 0 Å². The van der Waals surface area contributed by atoms with Gasteiger partial charge in [-0.2, -0.15) is 0 Å². The first-order chi connectivity index (χ1) is 10.9. The number of carbonyl (C=O) groups is 1. The van der Waals surface area contributed by atoms with Crippen LogP contribution in [0.4, 0.5) is 0 Å². The predicted molar refractivity (Wildman–Crippen MR) is 89.9 cm³/mol. The monoisotopic (exact) mass is 342 g/mol. The molecule has 1 aromatic carbocycles. The van der Waals surface area contributed by atoms with Crippen molar-refractivity contribution < 1.29 is 17.9 Å². The number of rotatable bonds is 10. The normalized spacial score (nSPS) is 11.7. The number of hydrogen-bond donors (Lipinski definition) is 2. The molecule has 0 aliphatic rings. The minimum absolute atomic E-state index is 0.0901. The van der Waals surface area contributed by atoms with Crippen molar-refractivity contribution in [3.05, 3.63) is 29.8 Å². The lowest BCUT2D eigenvalue weighted by molar-refractivity contribution is 0.0925. The van der Waals surface area contributed by atoms with E-state index in [0.29, 0.717) is 44.2 Å². The summed E-state index contributed by atoms with van der Waals surface area (Å²) >= 11 is 0. The van der Waals surface area contributed by atoms with Gasteiger partial charge >= 0.3 is 0 Å². The summed E-state index contributed by atoms with van der Waals surface area (Å²) < 4.78 is 31.7. The average Bonchev–Trinajstić information content (AvgIpc) is 2.50. The molecule has 0 spiro atoms. The van der Waals surface area contributed by atoms with Crippen molar-refractivity contribution in [1.82, 2.24) is 10.0 Å². The van der Waals surface area contributed by atoms with Gasteiger partial charge in [-0.3, -0.25) is 4.79 Å². The zero-order chi connectivity index (χ0) is 17.3. The third-order valence-electron chi connectivity index (χ3n) is 2.94. The van der Waals surface area contributed by atoms with Gasteiger partial charge in [-0.25, -0.2) is 13.1 Å². The molecule has 0 fully saturated rings. The fourth-order valence-corrected chi connectivity index (χ4v) is 2.96. The molecule has 0 saturated heterocycles. The van der Waals surface area contributed by atoms with Crippen molar-refractivity contribution in [2.45, 2.75) is 32.1 Å². The first kappa shape index (κ1) is 19.6. The summed E-state index contributed by atoms with van der Waals surface area (Å²) in [4.78, 5) is 12.1. The van der Waals surface area contributed by atoms with Crippen LogP contribution in [-0.2, 0) is 14.8 Å². The van der Waals surface area contributed by atoms with Crippen molar-refractivity contribution in [2.24, 2.45) is 5.92 Å². The van der Waals surface area contributed by atoms with Crippen LogP contribution in [0.1, 0.15) is 37.6 Å². The molecule has 0 aliphatic carbocycles. The summed E-state index contributed by atoms with van der Waals surface area (Å²) in [5.74, 6) is 0.202. The molecule has 1 aromatic rings. The third-order valence-corrected chi connectivity index (χ3v) is 4.49. The molecule has 0 bridgehead atoms. The van der Waals surface area contributed by atoms with Gasteiger partial charge < -0.3 is 10.1 Å². The lowest BCUT2D eigenvalue weighted by Crippen LogP contribution is -2.26. The topological polar surface area (TPSA) is 84.5 Å². The molecule has 23 heavy (non-hydrogen) atoms. The van der Waals surface area contributed by atoms with E-state index in [2.05, 4.69) is 23.9 Å². The highest BCUT2D eigenvalue weighted by molar-refractivity contribution is 7.89. The van der Waals surface area contributed by atoms with Crippen molar-refractivity contribution >= 4 is 15.9 Å². The summed E-state index contributed by atoms with van der Waals surface area (Å²) in [5, 5.41) is 2.76. The average molecular weight is 342 g/mol. The highest BCUT2D eigenvalue weighted by atomic mass is 32.2. The maximum atomic E-state index is 12.1. The molecule has 0 unspecified atom stereocenters. The van der Waals surface area contributed by atoms with Gasteiger partial charge in [0, 0.05) is 31.9 Å². The zero-order valence-corrected chi connectivity index (χ0v) is 14.8. The zero-order valence-electron chi connectivity index (χ0n) is 14.0. The van der Waals surface area contributed by atoms with Gasteiger partial charge in [0.2, 0.25) is 10.0 Å². The Balaban J connectivity index is 2.51. The smallest absolute Gasteiger partial charge is 0.251 e. The highest BCUT2D eigenvalue weighted by Crippen LogP contribution is 2.11. The quantitative estimate of drug-likeness (QED) is 0.635. The Morgan fingerprint density at radius 3 is 2.70 bits per heavy atom. The van der Waals surface area contributed by atoms with Crippen LogP contribution in [0.2, 0.25) is 0 Å². The standard InChI is InChI=1S/C16H26N2O4S/c1-4-18-23(20,21)15-8-5-7-14(11-15)16(19)17-9-6-10-22-12-13(2)3/h5,7-8,11,13,18H,4,6,9-10,12H2,1-3H3,(H,17,19). The first-order valence-electron chi connectivity index (χ1n) is 7.82. The second-order valence-electron chi connectivity index (χ2n) is 5.61. The molecule has 7 heteroatoms. The van der Waals surface area contributed by atoms with Gasteiger partial charge in [-0.15, -0.1) is 0 Å². The molecule has 130 valence electrons. The van der Waals surface area contributed by atoms with Gasteiger partial charge in [-0.1, -0.05) is 26.8 Å². The lowest BCUT2D eigenvalue weighted by Gasteiger charge is -2.09. The van der Waals surface area contributed by atoms with E-state index in [1.807, 2.05) is 0 Å². The second kappa shape index (κ2) is 9.64. The van der Waals surface area contributed by atoms with E-state index in [-0.39, 0.29) is 10.8 Å². The van der Waals surface area contributed by atoms with E-state index in [0.717, 1.165) is 0 Å². The Morgan fingerprint density at radius 2 is 2.04 bits per heavy atom. The van der Waals surface area contributed by atoms with Crippen LogP contribution >= 0.6 is 0 Å². The number of amides is 1. The molecule has 1 rings (SSSR count). The maximum Gasteiger partial charge on any atom is 0.251 e. The summed E-state index contributed by atoms with van der Waals surface area (Å²) in [6.07, 6.45) is 0.716. The van der Waals surface area contributed by atoms with Crippen molar-refractivity contribution in [3.8, 4) is 0 Å². The molecule has 6 nitrogen and oxygen atoms in total. The minimum Gasteiger partial charge on any atom is -0.381 e. The van der Waals surface area contributed by atoms with E-state index >= 15 is 0 Å². The molecule has 0 saturated carbocycles. The highest BCUT2D eigenvalue weighted by Gasteiger charge is 2.14. The minimum atomic E-state index is -3.56. The maximum absolute atomic E-state index is 12.1. The Kier molecular flexibility index (Phi) is 8.22. The van der Waals surface area contributed by atoms with E-state index in [1.165, 1.54) is 12.1 Å². The van der Waals surface area contributed by atoms with Crippen LogP contribution in [0.25, 0.3) is 0 Å². The summed E-state index contributed by atoms with van der Waals surface area (Å²) in [7, 11) is -3.56. The van der Waals surface area contributed by atoms with E-state index in [1.54, 1.807) is 19.1 Å². The molecule has 0 heterocycles. The number of hydrogen-bond acceptors (Lipinski definition) is 4. The van der Waals surface area contributed by atoms with Gasteiger partial charge in [0.15, 0.2) is 0 Å². The Bertz CT molecular complexity index is 600. The summed E-state index contributed by atoms with van der Waals surface area (Å²) in [5.41, 5.74) is 0.326. The van der Waals surface area contributed by atoms with Crippen molar-refractivity contribution in [3.63, 3.8) is 0 Å². The number of sulfonamides is 1. The Labute approximate surface area is 138 Å². The number of benzene rings is 1. The largest absolute Gasteiger partial charge is 0.381 e. The fraction of sp³-hybridized carbons (Fsp3) is 0.562. The summed E-state index contributed by atoms with van der Waals surface area (Å²) in [6, 6.07) is 6.00. The lowest BCUT2D eigenvalue weighted by atomic mass is 10.2. The van der Waals surface area contributed by atoms with Crippen LogP contribution in [0.3, 0.4) is 0 Å². The molecule has 0 atom stereocenters. The van der Waals surface area contributed by atoms with E-state index in [4.69, 9.17) is 4.74 Å². The molecular formula is C16H26N2O4S. The number of ether oxygens (including phenoxy) is 1. The molecular weight excluding hydrogens is 316 g/mol. The molecule has 0 radical (unpaired) electrons. The fourth-order valence-electron chi connectivity index (χ4n) is 1.88. The van der Waals surface area contributed by atoms with E-state index < -0.39 is 10.0 Å². The molecule has 0 aliphatic heterocycles.